The molecule has 0 bridgehead atoms. The fourth-order valence-corrected chi connectivity index (χ4v) is 2.31. The van der Waals surface area contributed by atoms with Gasteiger partial charge in [-0.3, -0.25) is 4.79 Å². The number of hydrogen-bond donors (Lipinski definition) is 2. The van der Waals surface area contributed by atoms with Crippen molar-refractivity contribution in [3.05, 3.63) is 40.2 Å². The van der Waals surface area contributed by atoms with E-state index in [0.717, 1.165) is 6.42 Å². The lowest BCUT2D eigenvalue weighted by atomic mass is 10.1. The van der Waals surface area contributed by atoms with Crippen LogP contribution in [-0.2, 0) is 6.54 Å². The number of aromatic carboxylic acids is 1. The van der Waals surface area contributed by atoms with Gasteiger partial charge >= 0.3 is 5.97 Å². The van der Waals surface area contributed by atoms with Crippen LogP contribution in [0.5, 0.6) is 0 Å². The van der Waals surface area contributed by atoms with Crippen molar-refractivity contribution in [2.45, 2.75) is 19.9 Å². The van der Waals surface area contributed by atoms with Crippen LogP contribution in [0.15, 0.2) is 29.1 Å². The van der Waals surface area contributed by atoms with Gasteiger partial charge in [0.25, 0.3) is 5.56 Å². The number of carboxylic acid groups (broad SMARTS) is 1. The number of hydrogen-bond acceptors (Lipinski definition) is 3. The Labute approximate surface area is 110 Å². The minimum Gasteiger partial charge on any atom is -0.478 e. The van der Waals surface area contributed by atoms with Crippen LogP contribution >= 0.6 is 0 Å². The van der Waals surface area contributed by atoms with Gasteiger partial charge in [0.05, 0.1) is 11.1 Å². The smallest absolute Gasteiger partial charge is 0.338 e. The minimum atomic E-state index is -1.10. The Morgan fingerprint density at radius 1 is 1.37 bits per heavy atom. The van der Waals surface area contributed by atoms with E-state index in [1.807, 2.05) is 6.92 Å². The summed E-state index contributed by atoms with van der Waals surface area (Å²) in [5.74, 6) is -1.10. The van der Waals surface area contributed by atoms with Crippen molar-refractivity contribution in [3.63, 3.8) is 0 Å². The summed E-state index contributed by atoms with van der Waals surface area (Å²) in [5.41, 5.74) is 0.543. The van der Waals surface area contributed by atoms with Crippen molar-refractivity contribution >= 4 is 22.6 Å². The second kappa shape index (κ2) is 5.14. The van der Waals surface area contributed by atoms with Crippen LogP contribution in [-0.4, -0.2) is 22.7 Å². The molecule has 2 aromatic rings. The summed E-state index contributed by atoms with van der Waals surface area (Å²) in [7, 11) is 1.56. The lowest BCUT2D eigenvalue weighted by Gasteiger charge is -2.15. The number of anilines is 1. The summed E-state index contributed by atoms with van der Waals surface area (Å²) in [4.78, 5) is 23.8. The molecular formula is C14H16N2O3. The molecule has 0 spiro atoms. The zero-order chi connectivity index (χ0) is 14.0. The molecule has 0 saturated carbocycles. The highest BCUT2D eigenvalue weighted by atomic mass is 16.4. The molecule has 1 aromatic carbocycles. The zero-order valence-electron chi connectivity index (χ0n) is 10.9. The van der Waals surface area contributed by atoms with E-state index in [4.69, 9.17) is 0 Å². The largest absolute Gasteiger partial charge is 0.478 e. The van der Waals surface area contributed by atoms with Crippen LogP contribution in [0, 0.1) is 0 Å². The van der Waals surface area contributed by atoms with Gasteiger partial charge in [0.1, 0.15) is 5.69 Å². The zero-order valence-corrected chi connectivity index (χ0v) is 10.9. The number of aromatic nitrogens is 1. The summed E-state index contributed by atoms with van der Waals surface area (Å²) in [6.45, 7) is 2.54. The van der Waals surface area contributed by atoms with Gasteiger partial charge in [-0.2, -0.15) is 0 Å². The Bertz CT molecular complexity index is 689. The maximum absolute atomic E-state index is 12.4. The number of aryl methyl sites for hydroxylation is 1. The fraction of sp³-hybridized carbons (Fsp3) is 0.286. The van der Waals surface area contributed by atoms with E-state index in [-0.39, 0.29) is 16.8 Å². The van der Waals surface area contributed by atoms with Crippen molar-refractivity contribution < 1.29 is 9.90 Å². The highest BCUT2D eigenvalue weighted by molar-refractivity contribution is 6.07. The Morgan fingerprint density at radius 3 is 2.63 bits per heavy atom. The highest BCUT2D eigenvalue weighted by Gasteiger charge is 2.20. The topological polar surface area (TPSA) is 71.3 Å². The summed E-state index contributed by atoms with van der Waals surface area (Å²) in [6.07, 6.45) is 0.805. The van der Waals surface area contributed by atoms with E-state index < -0.39 is 5.97 Å². The van der Waals surface area contributed by atoms with Crippen molar-refractivity contribution in [3.8, 4) is 0 Å². The van der Waals surface area contributed by atoms with Gasteiger partial charge in [-0.15, -0.1) is 0 Å². The summed E-state index contributed by atoms with van der Waals surface area (Å²) in [6, 6.07) is 7.08. The Morgan fingerprint density at radius 2 is 2.05 bits per heavy atom. The second-order valence-electron chi connectivity index (χ2n) is 4.28. The third-order valence-electron chi connectivity index (χ3n) is 3.08. The van der Waals surface area contributed by atoms with E-state index in [0.29, 0.717) is 17.4 Å². The fourth-order valence-electron chi connectivity index (χ4n) is 2.31. The van der Waals surface area contributed by atoms with Crippen molar-refractivity contribution in [1.82, 2.24) is 4.57 Å². The molecule has 5 nitrogen and oxygen atoms in total. The molecule has 0 amide bonds. The maximum Gasteiger partial charge on any atom is 0.338 e. The van der Waals surface area contributed by atoms with Crippen LogP contribution in [0.1, 0.15) is 23.7 Å². The predicted octanol–water partition coefficient (Wildman–Crippen LogP) is 2.15. The number of rotatable bonds is 4. The molecule has 0 saturated heterocycles. The molecular weight excluding hydrogens is 244 g/mol. The first-order chi connectivity index (χ1) is 9.11. The Balaban J connectivity index is 2.98. The first kappa shape index (κ1) is 13.1. The lowest BCUT2D eigenvalue weighted by molar-refractivity contribution is 0.0700. The quantitative estimate of drug-likeness (QED) is 0.883. The number of nitrogens with zero attached hydrogens (tertiary/aromatic N) is 1. The van der Waals surface area contributed by atoms with E-state index in [1.165, 1.54) is 0 Å². The molecule has 0 aliphatic rings. The number of carbonyl (C=O) groups is 1. The van der Waals surface area contributed by atoms with E-state index in [9.17, 15) is 14.7 Å². The minimum absolute atomic E-state index is 0.0375. The first-order valence-corrected chi connectivity index (χ1v) is 6.18. The summed E-state index contributed by atoms with van der Waals surface area (Å²) < 4.78 is 1.62. The molecule has 0 atom stereocenters. The molecule has 100 valence electrons. The molecule has 0 aliphatic heterocycles. The normalized spacial score (nSPS) is 10.6. The molecule has 5 heteroatoms. The molecule has 1 aromatic heterocycles. The number of carboxylic acids is 1. The van der Waals surface area contributed by atoms with Gasteiger partial charge in [0.15, 0.2) is 0 Å². The van der Waals surface area contributed by atoms with Gasteiger partial charge in [-0.1, -0.05) is 25.1 Å². The van der Waals surface area contributed by atoms with Crippen LogP contribution in [0.25, 0.3) is 10.9 Å². The van der Waals surface area contributed by atoms with Crippen LogP contribution in [0.2, 0.25) is 0 Å². The summed E-state index contributed by atoms with van der Waals surface area (Å²) in [5, 5.41) is 12.7. The molecule has 0 unspecified atom stereocenters. The molecule has 2 N–H and O–H groups in total. The number of pyridine rings is 1. The number of fused-ring (bicyclic) bond motifs is 1. The Kier molecular flexibility index (Phi) is 3.55. The molecule has 0 fully saturated rings. The molecule has 2 rings (SSSR count). The number of nitrogens with one attached hydrogen (secondary N) is 1. The standard InChI is InChI=1S/C14H16N2O3/c1-3-8-16-10-7-5-4-6-9(10)11(14(18)19)12(15-2)13(16)17/h4-7,15H,3,8H2,1-2H3,(H,18,19). The number of para-hydroxylation sites is 1. The van der Waals surface area contributed by atoms with Crippen molar-refractivity contribution in [2.75, 3.05) is 12.4 Å². The number of benzene rings is 1. The maximum atomic E-state index is 12.4. The molecule has 0 aliphatic carbocycles. The van der Waals surface area contributed by atoms with Gasteiger partial charge in [0, 0.05) is 19.0 Å². The van der Waals surface area contributed by atoms with Crippen molar-refractivity contribution in [1.29, 1.82) is 0 Å². The van der Waals surface area contributed by atoms with Crippen LogP contribution < -0.4 is 10.9 Å². The second-order valence-corrected chi connectivity index (χ2v) is 4.28. The van der Waals surface area contributed by atoms with Crippen LogP contribution in [0.4, 0.5) is 5.69 Å². The SMILES string of the molecule is CCCn1c(=O)c(NC)c(C(=O)O)c2ccccc21. The average Bonchev–Trinajstić information content (AvgIpc) is 2.40. The van der Waals surface area contributed by atoms with E-state index in [1.54, 1.807) is 35.9 Å². The Hall–Kier alpha value is -2.30. The molecule has 1 heterocycles. The summed E-state index contributed by atoms with van der Waals surface area (Å²) >= 11 is 0. The van der Waals surface area contributed by atoms with Crippen molar-refractivity contribution in [2.24, 2.45) is 0 Å². The first-order valence-electron chi connectivity index (χ1n) is 6.18. The predicted molar refractivity (Wildman–Crippen MR) is 75.0 cm³/mol. The molecule has 19 heavy (non-hydrogen) atoms. The third-order valence-corrected chi connectivity index (χ3v) is 3.08. The van der Waals surface area contributed by atoms with E-state index >= 15 is 0 Å². The molecule has 0 radical (unpaired) electrons. The highest BCUT2D eigenvalue weighted by Crippen LogP contribution is 2.23. The van der Waals surface area contributed by atoms with E-state index in [2.05, 4.69) is 5.32 Å². The van der Waals surface area contributed by atoms with Gasteiger partial charge in [0.2, 0.25) is 0 Å². The van der Waals surface area contributed by atoms with Gasteiger partial charge < -0.3 is 15.0 Å². The average molecular weight is 260 g/mol. The van der Waals surface area contributed by atoms with Crippen LogP contribution in [0.3, 0.4) is 0 Å². The lowest BCUT2D eigenvalue weighted by Crippen LogP contribution is -2.26. The van der Waals surface area contributed by atoms with Gasteiger partial charge in [-0.25, -0.2) is 4.79 Å². The van der Waals surface area contributed by atoms with Gasteiger partial charge in [-0.05, 0) is 12.5 Å². The monoisotopic (exact) mass is 260 g/mol. The third kappa shape index (κ3) is 2.07.